The zero-order valence-electron chi connectivity index (χ0n) is 28.6. The van der Waals surface area contributed by atoms with Crippen LogP contribution in [0.15, 0.2) is 152 Å². The Morgan fingerprint density at radius 3 is 1.08 bits per heavy atom. The Morgan fingerprint density at radius 1 is 0.458 bits per heavy atom. The summed E-state index contributed by atoms with van der Waals surface area (Å²) in [5.41, 5.74) is 7.18. The third-order valence-corrected chi connectivity index (χ3v) is 12.1. The zero-order valence-corrected chi connectivity index (χ0v) is 30.3. The lowest BCUT2D eigenvalue weighted by molar-refractivity contribution is 0.107. The maximum absolute atomic E-state index is 14.2. The van der Waals surface area contributed by atoms with Gasteiger partial charge in [-0.15, -0.1) is 0 Å². The molecule has 0 amide bonds. The van der Waals surface area contributed by atoms with Crippen molar-refractivity contribution in [1.82, 2.24) is 0 Å². The smallest absolute Gasteiger partial charge is 0.305 e. The first-order chi connectivity index (χ1) is 23.0. The van der Waals surface area contributed by atoms with Crippen LogP contribution in [0.5, 0.6) is 0 Å². The summed E-state index contributed by atoms with van der Waals surface area (Å²) < 4.78 is 26.2. The quantitative estimate of drug-likeness (QED) is 0.166. The summed E-state index contributed by atoms with van der Waals surface area (Å²) in [6, 6.07) is 47.7. The van der Waals surface area contributed by atoms with E-state index in [0.29, 0.717) is 16.2 Å². The van der Waals surface area contributed by atoms with Crippen molar-refractivity contribution >= 4 is 41.7 Å². The Hall–Kier alpha value is -4.68. The summed E-state index contributed by atoms with van der Waals surface area (Å²) in [7, 11) is -4.87. The maximum Gasteiger partial charge on any atom is 0.415 e. The fourth-order valence-electron chi connectivity index (χ4n) is 5.81. The average Bonchev–Trinajstić information content (AvgIpc) is 3.08. The molecule has 0 spiro atoms. The molecular formula is C43H43O3P2+. The topological polar surface area (TPSA) is 51.2 Å². The summed E-state index contributed by atoms with van der Waals surface area (Å²) >= 11 is 0. The van der Waals surface area contributed by atoms with E-state index in [1.54, 1.807) is 24.3 Å². The maximum atomic E-state index is 14.2. The molecule has 0 heterocycles. The van der Waals surface area contributed by atoms with Crippen molar-refractivity contribution < 1.29 is 13.9 Å². The van der Waals surface area contributed by atoms with Gasteiger partial charge in [0, 0.05) is 16.2 Å². The standard InChI is InChI=1S/C22H21O2P.C12H10OP.C9H12/c1-16-14-17(2)21(18(3)15-16)22(23)25(24,19-10-6-4-7-11-19)20-12-8-5-9-13-20;13-14(11-7-3-1-4-8-11)12-9-5-2-6-10-12;1-7-4-8(2)6-9(3)5-7/h4-15H,1-3H3;1-10H;4-6H,1-3H3/q;+1;. The lowest BCUT2D eigenvalue weighted by atomic mass is 10.0. The van der Waals surface area contributed by atoms with Crippen LogP contribution >= 0.6 is 14.9 Å². The van der Waals surface area contributed by atoms with Gasteiger partial charge < -0.3 is 4.57 Å². The number of carbonyl (C=O) groups is 1. The molecule has 0 bridgehead atoms. The molecule has 3 nitrogen and oxygen atoms in total. The third-order valence-electron chi connectivity index (χ3n) is 7.76. The summed E-state index contributed by atoms with van der Waals surface area (Å²) in [5.74, 6) is 0. The van der Waals surface area contributed by atoms with Gasteiger partial charge in [-0.25, -0.2) is 0 Å². The monoisotopic (exact) mass is 669 g/mol. The van der Waals surface area contributed by atoms with Crippen LogP contribution in [0.25, 0.3) is 0 Å². The van der Waals surface area contributed by atoms with Crippen LogP contribution in [-0.2, 0) is 9.13 Å². The lowest BCUT2D eigenvalue weighted by Gasteiger charge is -2.20. The van der Waals surface area contributed by atoms with Gasteiger partial charge in [-0.2, -0.15) is 0 Å². The van der Waals surface area contributed by atoms with E-state index in [9.17, 15) is 13.9 Å². The van der Waals surface area contributed by atoms with E-state index in [2.05, 4.69) is 39.0 Å². The van der Waals surface area contributed by atoms with E-state index >= 15 is 0 Å². The van der Waals surface area contributed by atoms with Crippen molar-refractivity contribution in [2.75, 3.05) is 0 Å². The van der Waals surface area contributed by atoms with Gasteiger partial charge in [-0.05, 0) is 76.9 Å². The molecule has 6 aromatic rings. The molecule has 0 aliphatic carbocycles. The molecule has 0 atom stereocenters. The molecule has 6 aromatic carbocycles. The number of aryl methyl sites for hydroxylation is 6. The largest absolute Gasteiger partial charge is 0.415 e. The minimum atomic E-state index is -3.44. The van der Waals surface area contributed by atoms with Gasteiger partial charge in [0.25, 0.3) is 0 Å². The van der Waals surface area contributed by atoms with Gasteiger partial charge in [0.2, 0.25) is 12.7 Å². The fourth-order valence-corrected chi connectivity index (χ4v) is 9.62. The van der Waals surface area contributed by atoms with E-state index in [1.165, 1.54) is 16.7 Å². The van der Waals surface area contributed by atoms with Crippen LogP contribution in [0.2, 0.25) is 0 Å². The summed E-state index contributed by atoms with van der Waals surface area (Å²) in [6.07, 6.45) is 0. The van der Waals surface area contributed by atoms with Crippen molar-refractivity contribution in [1.29, 1.82) is 0 Å². The molecule has 5 heteroatoms. The Balaban J connectivity index is 0.000000188. The molecule has 242 valence electrons. The zero-order chi connectivity index (χ0) is 34.7. The second-order valence-electron chi connectivity index (χ2n) is 12.0. The van der Waals surface area contributed by atoms with E-state index < -0.39 is 14.9 Å². The molecular weight excluding hydrogens is 626 g/mol. The fraction of sp³-hybridized carbons (Fsp3) is 0.140. The van der Waals surface area contributed by atoms with E-state index in [-0.39, 0.29) is 5.52 Å². The van der Waals surface area contributed by atoms with Crippen LogP contribution in [-0.4, -0.2) is 5.52 Å². The van der Waals surface area contributed by atoms with Gasteiger partial charge in [0.05, 0.1) is 0 Å². The molecule has 0 fully saturated rings. The van der Waals surface area contributed by atoms with Crippen LogP contribution in [0, 0.1) is 41.5 Å². The molecule has 0 N–H and O–H groups in total. The minimum absolute atomic E-state index is 0.292. The summed E-state index contributed by atoms with van der Waals surface area (Å²) in [6.45, 7) is 12.2. The highest BCUT2D eigenvalue weighted by molar-refractivity contribution is 7.93. The number of carbonyl (C=O) groups excluding carboxylic acids is 1. The summed E-state index contributed by atoms with van der Waals surface area (Å²) in [4.78, 5) is 13.6. The molecule has 0 radical (unpaired) electrons. The van der Waals surface area contributed by atoms with Gasteiger partial charge in [-0.1, -0.05) is 154 Å². The van der Waals surface area contributed by atoms with Crippen molar-refractivity contribution in [2.24, 2.45) is 0 Å². The molecule has 6 rings (SSSR count). The van der Waals surface area contributed by atoms with E-state index in [4.69, 9.17) is 0 Å². The normalized spacial score (nSPS) is 10.5. The Morgan fingerprint density at radius 2 is 0.750 bits per heavy atom. The van der Waals surface area contributed by atoms with Crippen molar-refractivity contribution in [3.63, 3.8) is 0 Å². The number of hydrogen-bond acceptors (Lipinski definition) is 3. The van der Waals surface area contributed by atoms with E-state index in [0.717, 1.165) is 27.3 Å². The lowest BCUT2D eigenvalue weighted by Crippen LogP contribution is -2.23. The molecule has 0 saturated carbocycles. The number of benzene rings is 6. The minimum Gasteiger partial charge on any atom is -0.305 e. The predicted molar refractivity (Wildman–Crippen MR) is 205 cm³/mol. The second-order valence-corrected chi connectivity index (χ2v) is 16.3. The van der Waals surface area contributed by atoms with Crippen molar-refractivity contribution in [3.8, 4) is 0 Å². The molecule has 0 unspecified atom stereocenters. The molecule has 0 aliphatic heterocycles. The van der Waals surface area contributed by atoms with Crippen LogP contribution in [0.1, 0.15) is 43.7 Å². The van der Waals surface area contributed by atoms with Crippen LogP contribution in [0.4, 0.5) is 0 Å². The van der Waals surface area contributed by atoms with Crippen molar-refractivity contribution in [3.05, 3.63) is 191 Å². The highest BCUT2D eigenvalue weighted by Gasteiger charge is 2.37. The molecule has 48 heavy (non-hydrogen) atoms. The Kier molecular flexibility index (Phi) is 12.8. The Labute approximate surface area is 286 Å². The van der Waals surface area contributed by atoms with Gasteiger partial charge >= 0.3 is 7.80 Å². The van der Waals surface area contributed by atoms with Crippen LogP contribution < -0.4 is 21.2 Å². The van der Waals surface area contributed by atoms with Gasteiger partial charge in [0.1, 0.15) is 0 Å². The number of hydrogen-bond donors (Lipinski definition) is 0. The number of rotatable bonds is 6. The van der Waals surface area contributed by atoms with E-state index in [1.807, 2.05) is 130 Å². The average molecular weight is 670 g/mol. The van der Waals surface area contributed by atoms with Gasteiger partial charge in [0.15, 0.2) is 10.6 Å². The summed E-state index contributed by atoms with van der Waals surface area (Å²) in [5, 5.41) is 2.92. The first-order valence-corrected chi connectivity index (χ1v) is 18.9. The first-order valence-electron chi connectivity index (χ1n) is 16.0. The van der Waals surface area contributed by atoms with Crippen molar-refractivity contribution in [2.45, 2.75) is 41.5 Å². The third kappa shape index (κ3) is 9.23. The van der Waals surface area contributed by atoms with Gasteiger partial charge in [-0.3, -0.25) is 4.79 Å². The second kappa shape index (κ2) is 16.9. The highest BCUT2D eigenvalue weighted by Crippen LogP contribution is 2.47. The first kappa shape index (κ1) is 36.2. The molecule has 0 aliphatic rings. The highest BCUT2D eigenvalue weighted by atomic mass is 31.2. The molecule has 0 saturated heterocycles. The molecule has 0 aromatic heterocycles. The van der Waals surface area contributed by atoms with Crippen LogP contribution in [0.3, 0.4) is 0 Å². The Bertz CT molecular complexity index is 1860. The SMILES string of the molecule is Cc1cc(C)c(C(=O)P(=O)(c2ccccc2)c2ccccc2)c(C)c1.Cc1cc(C)cc(C)c1.O=[P+](c1ccccc1)c1ccccc1. The predicted octanol–water partition coefficient (Wildman–Crippen LogP) is 9.84.